The standard InChI is InChI=1S/C32H34FN3O4/c1-3-23-9-11-25(12-10-23)30(38)35-19-17-32(18-20-35)36(31(39)26-13-15-27(33)16-14-26)28(21-40-32)29(37)34-22(2)24-7-5-4-6-8-24/h4-16,22,28H,3,17-21H2,1-2H3,(H,34,37). The molecule has 0 bridgehead atoms. The van der Waals surface area contributed by atoms with E-state index in [0.29, 0.717) is 31.5 Å². The van der Waals surface area contributed by atoms with E-state index in [4.69, 9.17) is 4.74 Å². The summed E-state index contributed by atoms with van der Waals surface area (Å²) in [6, 6.07) is 21.4. The third-order valence-electron chi connectivity index (χ3n) is 7.97. The first-order chi connectivity index (χ1) is 19.3. The van der Waals surface area contributed by atoms with E-state index in [1.54, 1.807) is 4.90 Å². The lowest BCUT2D eigenvalue weighted by Crippen LogP contribution is -2.60. The fraction of sp³-hybridized carbons (Fsp3) is 0.344. The lowest BCUT2D eigenvalue weighted by molar-refractivity contribution is -0.128. The molecule has 2 aliphatic rings. The molecule has 2 heterocycles. The Morgan fingerprint density at radius 3 is 2.15 bits per heavy atom. The largest absolute Gasteiger partial charge is 0.353 e. The Labute approximate surface area is 233 Å². The average molecular weight is 544 g/mol. The number of nitrogens with zero attached hydrogens (tertiary/aromatic N) is 2. The van der Waals surface area contributed by atoms with Crippen molar-refractivity contribution in [3.63, 3.8) is 0 Å². The molecule has 5 rings (SSSR count). The first-order valence-electron chi connectivity index (χ1n) is 13.8. The molecule has 0 saturated carbocycles. The maximum atomic E-state index is 13.9. The van der Waals surface area contributed by atoms with E-state index < -0.39 is 23.5 Å². The number of rotatable bonds is 6. The van der Waals surface area contributed by atoms with Crippen LogP contribution in [-0.2, 0) is 16.0 Å². The van der Waals surface area contributed by atoms with Crippen LogP contribution in [0.1, 0.15) is 64.6 Å². The minimum Gasteiger partial charge on any atom is -0.353 e. The number of halogens is 1. The molecule has 2 atom stereocenters. The van der Waals surface area contributed by atoms with E-state index >= 15 is 0 Å². The van der Waals surface area contributed by atoms with Gasteiger partial charge >= 0.3 is 0 Å². The molecule has 7 nitrogen and oxygen atoms in total. The molecule has 0 aromatic heterocycles. The predicted octanol–water partition coefficient (Wildman–Crippen LogP) is 4.74. The van der Waals surface area contributed by atoms with Crippen LogP contribution in [0, 0.1) is 5.82 Å². The SMILES string of the molecule is CCc1ccc(C(=O)N2CCC3(CC2)OCC(C(=O)NC(C)c2ccccc2)N3C(=O)c2ccc(F)cc2)cc1. The first kappa shape index (κ1) is 27.5. The lowest BCUT2D eigenvalue weighted by Gasteiger charge is -2.44. The Hall–Kier alpha value is -4.04. The minimum atomic E-state index is -1.05. The Morgan fingerprint density at radius 2 is 1.52 bits per heavy atom. The third-order valence-corrected chi connectivity index (χ3v) is 7.97. The summed E-state index contributed by atoms with van der Waals surface area (Å²) in [7, 11) is 0. The summed E-state index contributed by atoms with van der Waals surface area (Å²) in [5.41, 5.74) is 1.95. The number of piperidine rings is 1. The first-order valence-corrected chi connectivity index (χ1v) is 13.8. The minimum absolute atomic E-state index is 0.0344. The zero-order valence-corrected chi connectivity index (χ0v) is 22.8. The van der Waals surface area contributed by atoms with Crippen LogP contribution in [0.3, 0.4) is 0 Å². The summed E-state index contributed by atoms with van der Waals surface area (Å²) < 4.78 is 19.9. The van der Waals surface area contributed by atoms with E-state index in [0.717, 1.165) is 17.5 Å². The molecule has 3 amide bonds. The van der Waals surface area contributed by atoms with Crippen molar-refractivity contribution in [3.05, 3.63) is 107 Å². The number of carbonyl (C=O) groups is 3. The van der Waals surface area contributed by atoms with Gasteiger partial charge in [0.2, 0.25) is 5.91 Å². The Kier molecular flexibility index (Phi) is 7.98. The van der Waals surface area contributed by atoms with Crippen molar-refractivity contribution in [2.75, 3.05) is 19.7 Å². The van der Waals surface area contributed by atoms with Gasteiger partial charge in [-0.2, -0.15) is 0 Å². The van der Waals surface area contributed by atoms with Crippen molar-refractivity contribution in [1.82, 2.24) is 15.1 Å². The van der Waals surface area contributed by atoms with E-state index in [9.17, 15) is 18.8 Å². The van der Waals surface area contributed by atoms with Crippen molar-refractivity contribution in [3.8, 4) is 0 Å². The van der Waals surface area contributed by atoms with Crippen molar-refractivity contribution in [2.45, 2.75) is 50.9 Å². The Bertz CT molecular complexity index is 1350. The Morgan fingerprint density at radius 1 is 0.925 bits per heavy atom. The third kappa shape index (κ3) is 5.49. The van der Waals surface area contributed by atoms with Gasteiger partial charge in [-0.05, 0) is 60.9 Å². The number of likely N-dealkylation sites (tertiary alicyclic amines) is 1. The van der Waals surface area contributed by atoms with Crippen LogP contribution >= 0.6 is 0 Å². The fourth-order valence-corrected chi connectivity index (χ4v) is 5.56. The highest BCUT2D eigenvalue weighted by molar-refractivity contribution is 5.98. The van der Waals surface area contributed by atoms with Crippen molar-refractivity contribution in [2.24, 2.45) is 0 Å². The zero-order valence-electron chi connectivity index (χ0n) is 22.8. The monoisotopic (exact) mass is 543 g/mol. The molecule has 2 saturated heterocycles. The maximum Gasteiger partial charge on any atom is 0.256 e. The summed E-state index contributed by atoms with van der Waals surface area (Å²) in [5.74, 6) is -1.25. The number of benzene rings is 3. The summed E-state index contributed by atoms with van der Waals surface area (Å²) >= 11 is 0. The van der Waals surface area contributed by atoms with Gasteiger partial charge < -0.3 is 15.0 Å². The molecule has 2 unspecified atom stereocenters. The van der Waals surface area contributed by atoms with Crippen molar-refractivity contribution < 1.29 is 23.5 Å². The second kappa shape index (κ2) is 11.6. The maximum absolute atomic E-state index is 13.9. The van der Waals surface area contributed by atoms with Gasteiger partial charge in [-0.3, -0.25) is 19.3 Å². The van der Waals surface area contributed by atoms with E-state index in [2.05, 4.69) is 12.2 Å². The molecular weight excluding hydrogens is 509 g/mol. The second-order valence-corrected chi connectivity index (χ2v) is 10.4. The molecule has 0 aliphatic carbocycles. The van der Waals surface area contributed by atoms with Gasteiger partial charge in [-0.15, -0.1) is 0 Å². The van der Waals surface area contributed by atoms with Gasteiger partial charge in [0, 0.05) is 37.1 Å². The molecule has 40 heavy (non-hydrogen) atoms. The van der Waals surface area contributed by atoms with Crippen molar-refractivity contribution in [1.29, 1.82) is 0 Å². The van der Waals surface area contributed by atoms with Gasteiger partial charge in [-0.25, -0.2) is 4.39 Å². The number of ether oxygens (including phenoxy) is 1. The topological polar surface area (TPSA) is 79.0 Å². The van der Waals surface area contributed by atoms with Crippen LogP contribution in [0.2, 0.25) is 0 Å². The molecule has 3 aromatic carbocycles. The van der Waals surface area contributed by atoms with Crippen molar-refractivity contribution >= 4 is 17.7 Å². The van der Waals surface area contributed by atoms with Gasteiger partial charge in [-0.1, -0.05) is 49.4 Å². The predicted molar refractivity (Wildman–Crippen MR) is 149 cm³/mol. The molecule has 1 N–H and O–H groups in total. The quantitative estimate of drug-likeness (QED) is 0.487. The lowest BCUT2D eigenvalue weighted by atomic mass is 9.95. The number of hydrogen-bond acceptors (Lipinski definition) is 4. The summed E-state index contributed by atoms with van der Waals surface area (Å²) in [4.78, 5) is 43.9. The van der Waals surface area contributed by atoms with Crippen LogP contribution < -0.4 is 5.32 Å². The number of hydrogen-bond donors (Lipinski definition) is 1. The van der Waals surface area contributed by atoms with Crippen LogP contribution in [0.15, 0.2) is 78.9 Å². The Balaban J connectivity index is 1.36. The van der Waals surface area contributed by atoms with E-state index in [-0.39, 0.29) is 30.0 Å². The molecule has 0 radical (unpaired) electrons. The van der Waals surface area contributed by atoms with Gasteiger partial charge in [0.1, 0.15) is 17.6 Å². The molecule has 1 spiro atoms. The molecule has 2 fully saturated rings. The second-order valence-electron chi connectivity index (χ2n) is 10.4. The van der Waals surface area contributed by atoms with E-state index in [1.807, 2.05) is 61.5 Å². The van der Waals surface area contributed by atoms with E-state index in [1.165, 1.54) is 29.2 Å². The molecule has 3 aromatic rings. The van der Waals surface area contributed by atoms with Gasteiger partial charge in [0.25, 0.3) is 11.8 Å². The highest BCUT2D eigenvalue weighted by Gasteiger charge is 2.54. The normalized spacial score (nSPS) is 18.9. The molecule has 208 valence electrons. The highest BCUT2D eigenvalue weighted by atomic mass is 19.1. The van der Waals surface area contributed by atoms with Crippen LogP contribution in [0.25, 0.3) is 0 Å². The zero-order chi connectivity index (χ0) is 28.3. The number of amides is 3. The van der Waals surface area contributed by atoms with Crippen LogP contribution in [0.4, 0.5) is 4.39 Å². The smallest absolute Gasteiger partial charge is 0.256 e. The molecular formula is C32H34FN3O4. The number of aryl methyl sites for hydroxylation is 1. The summed E-state index contributed by atoms with van der Waals surface area (Å²) in [6.45, 7) is 4.73. The average Bonchev–Trinajstić information content (AvgIpc) is 3.36. The van der Waals surface area contributed by atoms with Crippen LogP contribution in [0.5, 0.6) is 0 Å². The van der Waals surface area contributed by atoms with Gasteiger partial charge in [0.05, 0.1) is 12.6 Å². The number of carbonyl (C=O) groups excluding carboxylic acids is 3. The highest BCUT2D eigenvalue weighted by Crippen LogP contribution is 2.39. The number of nitrogens with one attached hydrogen (secondary N) is 1. The molecule has 2 aliphatic heterocycles. The van der Waals surface area contributed by atoms with Crippen LogP contribution in [-0.4, -0.2) is 59.0 Å². The molecule has 8 heteroatoms. The fourth-order valence-electron chi connectivity index (χ4n) is 5.56. The summed E-state index contributed by atoms with van der Waals surface area (Å²) in [6.07, 6.45) is 1.61. The summed E-state index contributed by atoms with van der Waals surface area (Å²) in [5, 5.41) is 3.03. The van der Waals surface area contributed by atoms with Gasteiger partial charge in [0.15, 0.2) is 0 Å².